The minimum absolute atomic E-state index is 0.0102. The summed E-state index contributed by atoms with van der Waals surface area (Å²) in [6.07, 6.45) is -13.6. The zero-order chi connectivity index (χ0) is 39.4. The summed E-state index contributed by atoms with van der Waals surface area (Å²) in [6.45, 7) is 0.861. The number of hydrogen-bond donors (Lipinski definition) is 10. The van der Waals surface area contributed by atoms with Crippen molar-refractivity contribution in [2.75, 3.05) is 25.0 Å². The Morgan fingerprint density at radius 3 is 2.33 bits per heavy atom. The summed E-state index contributed by atoms with van der Waals surface area (Å²) in [5.41, 5.74) is 0.611. The van der Waals surface area contributed by atoms with Crippen LogP contribution in [0.25, 0.3) is 0 Å². The maximum Gasteiger partial charge on any atom is 0.407 e. The maximum atomic E-state index is 12.6. The molecule has 3 aliphatic heterocycles. The van der Waals surface area contributed by atoms with Gasteiger partial charge in [-0.25, -0.2) is 9.59 Å². The van der Waals surface area contributed by atoms with Gasteiger partial charge in [-0.2, -0.15) is 0 Å². The number of aliphatic hydroxyl groups excluding tert-OH is 6. The second-order valence-corrected chi connectivity index (χ2v) is 13.2. The summed E-state index contributed by atoms with van der Waals surface area (Å²) in [5, 5.41) is 93.4. The Kier molecular flexibility index (Phi) is 16.9. The fourth-order valence-corrected chi connectivity index (χ4v) is 6.19. The van der Waals surface area contributed by atoms with Crippen LogP contribution in [0.5, 0.6) is 0 Å². The Morgan fingerprint density at radius 2 is 1.67 bits per heavy atom. The van der Waals surface area contributed by atoms with E-state index in [0.717, 1.165) is 31.9 Å². The predicted molar refractivity (Wildman–Crippen MR) is 180 cm³/mol. The van der Waals surface area contributed by atoms with Crippen molar-refractivity contribution in [3.63, 3.8) is 0 Å². The van der Waals surface area contributed by atoms with Gasteiger partial charge in [0, 0.05) is 13.2 Å². The van der Waals surface area contributed by atoms with Crippen LogP contribution in [0, 0.1) is 0 Å². The molecule has 0 aliphatic carbocycles. The van der Waals surface area contributed by atoms with Crippen molar-refractivity contribution in [3.8, 4) is 0 Å². The lowest BCUT2D eigenvalue weighted by Crippen LogP contribution is -2.63. The standard InChI is InChI=1S/C34H52N2O18/c1-2-3-4-5-6-7-22(31(43)44)51-30-26(40)24(15-37)53-33(28(30)42)52-21-12-13-48-23(29(21)54-32-27(41)25(39)20(38)17-49-32)14-35-34(45)50-16-18-8-10-19(11-9-18)36(46)47/h8-11,17,21-30,32-33,37-42,46-47H,2-7,12-16H2,1H3,(H,35,45)(H,43,44). The van der Waals surface area contributed by atoms with E-state index < -0.39 is 98.0 Å². The zero-order valence-electron chi connectivity index (χ0n) is 29.7. The van der Waals surface area contributed by atoms with E-state index in [9.17, 15) is 45.3 Å². The molecule has 54 heavy (non-hydrogen) atoms. The summed E-state index contributed by atoms with van der Waals surface area (Å²) in [4.78, 5) is 24.7. The van der Waals surface area contributed by atoms with E-state index in [1.165, 1.54) is 24.3 Å². The van der Waals surface area contributed by atoms with Gasteiger partial charge in [0.1, 0.15) is 61.7 Å². The van der Waals surface area contributed by atoms with E-state index in [1.807, 2.05) is 6.92 Å². The van der Waals surface area contributed by atoms with Crippen LogP contribution in [0.1, 0.15) is 57.4 Å². The highest BCUT2D eigenvalue weighted by atomic mass is 16.8. The molecule has 4 rings (SSSR count). The molecule has 2 saturated heterocycles. The molecule has 3 heterocycles. The van der Waals surface area contributed by atoms with Crippen LogP contribution in [0.3, 0.4) is 0 Å². The van der Waals surface area contributed by atoms with Crippen molar-refractivity contribution in [2.45, 2.75) is 132 Å². The fourth-order valence-electron chi connectivity index (χ4n) is 6.19. The van der Waals surface area contributed by atoms with Crippen LogP contribution in [0.4, 0.5) is 10.5 Å². The number of carboxylic acid groups (broad SMARTS) is 1. The molecule has 306 valence electrons. The molecule has 12 atom stereocenters. The highest BCUT2D eigenvalue weighted by Crippen LogP contribution is 2.32. The Morgan fingerprint density at radius 1 is 0.944 bits per heavy atom. The number of carboxylic acids is 1. The topological polar surface area (TPSA) is 296 Å². The number of amides is 1. The first-order valence-corrected chi connectivity index (χ1v) is 17.9. The number of unbranched alkanes of at least 4 members (excludes halogenated alkanes) is 4. The normalized spacial score (nSPS) is 31.9. The minimum atomic E-state index is -1.79. The molecule has 1 amide bonds. The third kappa shape index (κ3) is 11.8. The maximum absolute atomic E-state index is 12.6. The second kappa shape index (κ2) is 21.1. The lowest BCUT2D eigenvalue weighted by Gasteiger charge is -2.46. The van der Waals surface area contributed by atoms with Gasteiger partial charge in [-0.05, 0) is 30.5 Å². The SMILES string of the molecule is CCCCCCCC(OC1C(O)C(CO)OC(OC2CCOC(CNC(=O)OCc3ccc(N(O)O)cc3)C2OC2OC=C(O)C(O)C2O)C1O)C(=O)O. The number of benzene rings is 1. The van der Waals surface area contributed by atoms with Gasteiger partial charge in [0.15, 0.2) is 18.2 Å². The molecule has 3 aliphatic rings. The van der Waals surface area contributed by atoms with Gasteiger partial charge in [0.2, 0.25) is 6.29 Å². The summed E-state index contributed by atoms with van der Waals surface area (Å²) in [7, 11) is 0. The molecule has 20 nitrogen and oxygen atoms in total. The van der Waals surface area contributed by atoms with E-state index in [1.54, 1.807) is 0 Å². The second-order valence-electron chi connectivity index (χ2n) is 13.2. The Balaban J connectivity index is 1.47. The number of nitrogens with one attached hydrogen (secondary N) is 1. The third-order valence-electron chi connectivity index (χ3n) is 9.27. The smallest absolute Gasteiger partial charge is 0.407 e. The minimum Gasteiger partial charge on any atom is -0.506 e. The molecule has 0 spiro atoms. The average Bonchev–Trinajstić information content (AvgIpc) is 3.15. The first-order valence-electron chi connectivity index (χ1n) is 17.9. The molecule has 10 N–H and O–H groups in total. The molecule has 0 saturated carbocycles. The monoisotopic (exact) mass is 776 g/mol. The molecule has 0 bridgehead atoms. The van der Waals surface area contributed by atoms with E-state index in [4.69, 9.17) is 43.6 Å². The molecule has 20 heteroatoms. The van der Waals surface area contributed by atoms with Gasteiger partial charge < -0.3 is 74.2 Å². The van der Waals surface area contributed by atoms with Crippen molar-refractivity contribution in [3.05, 3.63) is 41.9 Å². The van der Waals surface area contributed by atoms with Crippen LogP contribution in [-0.2, 0) is 44.6 Å². The Labute approximate surface area is 310 Å². The Bertz CT molecular complexity index is 1340. The van der Waals surface area contributed by atoms with Crippen LogP contribution in [0.15, 0.2) is 36.3 Å². The summed E-state index contributed by atoms with van der Waals surface area (Å²) >= 11 is 0. The number of carbonyl (C=O) groups excluding carboxylic acids is 1. The lowest BCUT2D eigenvalue weighted by atomic mass is 9.97. The average molecular weight is 777 g/mol. The molecular formula is C34H52N2O18. The number of nitrogens with zero attached hydrogens (tertiary/aromatic N) is 1. The number of rotatable bonds is 19. The van der Waals surface area contributed by atoms with Crippen LogP contribution in [0.2, 0.25) is 0 Å². The first kappa shape index (κ1) is 43.3. The van der Waals surface area contributed by atoms with Crippen molar-refractivity contribution >= 4 is 17.7 Å². The summed E-state index contributed by atoms with van der Waals surface area (Å²) < 4.78 is 40.0. The van der Waals surface area contributed by atoms with Gasteiger partial charge in [-0.3, -0.25) is 10.4 Å². The number of hydrogen-bond acceptors (Lipinski definition) is 18. The molecule has 2 fully saturated rings. The van der Waals surface area contributed by atoms with E-state index in [0.29, 0.717) is 12.0 Å². The number of aliphatic hydroxyl groups is 6. The molecule has 1 aromatic rings. The van der Waals surface area contributed by atoms with Gasteiger partial charge in [0.25, 0.3) is 0 Å². The number of anilines is 1. The van der Waals surface area contributed by atoms with E-state index >= 15 is 0 Å². The quantitative estimate of drug-likeness (QED) is 0.0662. The largest absolute Gasteiger partial charge is 0.506 e. The number of ether oxygens (including phenoxy) is 7. The summed E-state index contributed by atoms with van der Waals surface area (Å²) in [6, 6.07) is 5.77. The molecular weight excluding hydrogens is 724 g/mol. The fraction of sp³-hybridized carbons (Fsp3) is 0.706. The molecule has 0 radical (unpaired) electrons. The number of carbonyl (C=O) groups is 2. The van der Waals surface area contributed by atoms with Crippen LogP contribution >= 0.6 is 0 Å². The molecule has 12 unspecified atom stereocenters. The highest BCUT2D eigenvalue weighted by Gasteiger charge is 2.50. The van der Waals surface area contributed by atoms with Crippen LogP contribution < -0.4 is 10.5 Å². The highest BCUT2D eigenvalue weighted by molar-refractivity contribution is 5.72. The lowest BCUT2D eigenvalue weighted by molar-refractivity contribution is -0.343. The number of alkyl carbamates (subject to hydrolysis) is 1. The predicted octanol–water partition coefficient (Wildman–Crippen LogP) is 0.172. The van der Waals surface area contributed by atoms with Crippen molar-refractivity contribution in [1.29, 1.82) is 0 Å². The molecule has 0 aromatic heterocycles. The summed E-state index contributed by atoms with van der Waals surface area (Å²) in [5.74, 6) is -1.96. The third-order valence-corrected chi connectivity index (χ3v) is 9.27. The van der Waals surface area contributed by atoms with Crippen molar-refractivity contribution < 1.29 is 88.9 Å². The van der Waals surface area contributed by atoms with Gasteiger partial charge >= 0.3 is 12.1 Å². The number of aliphatic carboxylic acids is 1. The van der Waals surface area contributed by atoms with Gasteiger partial charge in [-0.1, -0.05) is 51.2 Å². The van der Waals surface area contributed by atoms with E-state index in [2.05, 4.69) is 5.32 Å². The van der Waals surface area contributed by atoms with Crippen molar-refractivity contribution in [2.24, 2.45) is 0 Å². The Hall–Kier alpha value is -3.38. The first-order chi connectivity index (χ1) is 25.8. The van der Waals surface area contributed by atoms with E-state index in [-0.39, 0.29) is 43.5 Å². The van der Waals surface area contributed by atoms with Crippen LogP contribution in [-0.4, -0.2) is 152 Å². The van der Waals surface area contributed by atoms with Crippen molar-refractivity contribution in [1.82, 2.24) is 5.32 Å². The van der Waals surface area contributed by atoms with Gasteiger partial charge in [0.05, 0.1) is 18.4 Å². The molecule has 1 aromatic carbocycles. The van der Waals surface area contributed by atoms with Gasteiger partial charge in [-0.15, -0.1) is 5.23 Å². The zero-order valence-corrected chi connectivity index (χ0v) is 29.7.